The lowest BCUT2D eigenvalue weighted by Crippen LogP contribution is -2.22. The van der Waals surface area contributed by atoms with Crippen molar-refractivity contribution in [3.05, 3.63) is 69.4 Å². The maximum Gasteiger partial charge on any atom is 0.325 e. The lowest BCUT2D eigenvalue weighted by Gasteiger charge is -2.03. The Morgan fingerprint density at radius 3 is 2.73 bits per heavy atom. The molecular formula is C19H15BrN2O3S. The number of rotatable bonds is 4. The van der Waals surface area contributed by atoms with Gasteiger partial charge >= 0.3 is 5.97 Å². The minimum absolute atomic E-state index is 0.00730. The first kappa shape index (κ1) is 18.3. The SMILES string of the molecule is COC(=O)Cn1c(=NC(=O)/C=C/c2ccccc2)sc2cc(Br)ccc21. The molecule has 0 saturated carbocycles. The zero-order chi connectivity index (χ0) is 18.5. The maximum atomic E-state index is 12.3. The maximum absolute atomic E-state index is 12.3. The van der Waals surface area contributed by atoms with Gasteiger partial charge in [-0.2, -0.15) is 4.99 Å². The summed E-state index contributed by atoms with van der Waals surface area (Å²) in [5, 5.41) is 0. The minimum atomic E-state index is -0.402. The highest BCUT2D eigenvalue weighted by atomic mass is 79.9. The number of aromatic nitrogens is 1. The summed E-state index contributed by atoms with van der Waals surface area (Å²) in [5.74, 6) is -0.792. The van der Waals surface area contributed by atoms with Gasteiger partial charge in [-0.15, -0.1) is 0 Å². The average Bonchev–Trinajstić information content (AvgIpc) is 2.96. The van der Waals surface area contributed by atoms with E-state index in [9.17, 15) is 9.59 Å². The highest BCUT2D eigenvalue weighted by Crippen LogP contribution is 2.22. The van der Waals surface area contributed by atoms with Gasteiger partial charge in [0, 0.05) is 10.5 Å². The summed E-state index contributed by atoms with van der Waals surface area (Å²) in [6, 6.07) is 15.2. The highest BCUT2D eigenvalue weighted by Gasteiger charge is 2.11. The zero-order valence-electron chi connectivity index (χ0n) is 13.9. The molecule has 0 bridgehead atoms. The molecule has 0 spiro atoms. The van der Waals surface area contributed by atoms with Gasteiger partial charge in [-0.3, -0.25) is 9.59 Å². The first-order valence-electron chi connectivity index (χ1n) is 7.74. The van der Waals surface area contributed by atoms with Crippen LogP contribution in [0.2, 0.25) is 0 Å². The number of benzene rings is 2. The van der Waals surface area contributed by atoms with Gasteiger partial charge in [0.1, 0.15) is 6.54 Å². The summed E-state index contributed by atoms with van der Waals surface area (Å²) >= 11 is 4.77. The predicted molar refractivity (Wildman–Crippen MR) is 106 cm³/mol. The Balaban J connectivity index is 2.00. The Labute approximate surface area is 162 Å². The van der Waals surface area contributed by atoms with Crippen LogP contribution < -0.4 is 4.80 Å². The number of ether oxygens (including phenoxy) is 1. The van der Waals surface area contributed by atoms with Crippen LogP contribution in [0, 0.1) is 0 Å². The summed E-state index contributed by atoms with van der Waals surface area (Å²) in [5.41, 5.74) is 1.74. The number of thiazole rings is 1. The summed E-state index contributed by atoms with van der Waals surface area (Å²) in [4.78, 5) is 28.6. The second kappa shape index (κ2) is 8.25. The molecule has 3 aromatic rings. The number of methoxy groups -OCH3 is 1. The molecule has 0 N–H and O–H groups in total. The van der Waals surface area contributed by atoms with E-state index in [1.807, 2.05) is 48.5 Å². The molecule has 1 amide bonds. The third-order valence-electron chi connectivity index (χ3n) is 3.58. The number of nitrogens with zero attached hydrogens (tertiary/aromatic N) is 2. The lowest BCUT2D eigenvalue weighted by atomic mass is 10.2. The van der Waals surface area contributed by atoms with Crippen molar-refractivity contribution in [3.63, 3.8) is 0 Å². The molecule has 3 rings (SSSR count). The van der Waals surface area contributed by atoms with Crippen molar-refractivity contribution >= 4 is 55.4 Å². The fourth-order valence-electron chi connectivity index (χ4n) is 2.34. The molecule has 0 aliphatic rings. The van der Waals surface area contributed by atoms with Crippen LogP contribution in [-0.2, 0) is 20.9 Å². The Hall–Kier alpha value is -2.51. The highest BCUT2D eigenvalue weighted by molar-refractivity contribution is 9.10. The van der Waals surface area contributed by atoms with E-state index < -0.39 is 11.9 Å². The van der Waals surface area contributed by atoms with Gasteiger partial charge in [-0.25, -0.2) is 0 Å². The normalized spacial score (nSPS) is 12.0. The number of halogens is 1. The van der Waals surface area contributed by atoms with Crippen LogP contribution in [0.1, 0.15) is 5.56 Å². The third kappa shape index (κ3) is 4.36. The van der Waals surface area contributed by atoms with Crippen molar-refractivity contribution in [2.24, 2.45) is 4.99 Å². The van der Waals surface area contributed by atoms with Gasteiger partial charge in [-0.05, 0) is 29.8 Å². The largest absolute Gasteiger partial charge is 0.468 e. The van der Waals surface area contributed by atoms with Gasteiger partial charge in [0.05, 0.1) is 17.3 Å². The van der Waals surface area contributed by atoms with Crippen molar-refractivity contribution in [2.75, 3.05) is 7.11 Å². The summed E-state index contributed by atoms with van der Waals surface area (Å²) < 4.78 is 8.28. The molecule has 0 aliphatic carbocycles. The zero-order valence-corrected chi connectivity index (χ0v) is 16.3. The number of hydrogen-bond acceptors (Lipinski definition) is 4. The Bertz CT molecular complexity index is 1050. The molecule has 0 unspecified atom stereocenters. The standard InChI is InChI=1S/C19H15BrN2O3S/c1-25-18(24)12-22-15-9-8-14(20)11-16(15)26-19(22)21-17(23)10-7-13-5-3-2-4-6-13/h2-11H,12H2,1H3/b10-7+,21-19?. The van der Waals surface area contributed by atoms with Crippen molar-refractivity contribution in [1.82, 2.24) is 4.57 Å². The fraction of sp³-hybridized carbons (Fsp3) is 0.105. The van der Waals surface area contributed by atoms with E-state index in [1.54, 1.807) is 10.6 Å². The molecule has 7 heteroatoms. The molecule has 26 heavy (non-hydrogen) atoms. The number of amides is 1. The fourth-order valence-corrected chi connectivity index (χ4v) is 3.93. The minimum Gasteiger partial charge on any atom is -0.468 e. The van der Waals surface area contributed by atoms with Gasteiger partial charge < -0.3 is 9.30 Å². The van der Waals surface area contributed by atoms with Crippen LogP contribution in [-0.4, -0.2) is 23.6 Å². The third-order valence-corrected chi connectivity index (χ3v) is 5.12. The van der Waals surface area contributed by atoms with E-state index in [0.29, 0.717) is 4.80 Å². The van der Waals surface area contributed by atoms with Crippen molar-refractivity contribution < 1.29 is 14.3 Å². The first-order chi connectivity index (χ1) is 12.6. The van der Waals surface area contributed by atoms with E-state index in [2.05, 4.69) is 20.9 Å². The summed E-state index contributed by atoms with van der Waals surface area (Å²) in [7, 11) is 1.33. The molecule has 1 heterocycles. The van der Waals surface area contributed by atoms with Gasteiger partial charge in [0.2, 0.25) is 0 Å². The molecule has 0 aliphatic heterocycles. The topological polar surface area (TPSA) is 60.7 Å². The van der Waals surface area contributed by atoms with E-state index in [4.69, 9.17) is 4.74 Å². The van der Waals surface area contributed by atoms with E-state index >= 15 is 0 Å². The van der Waals surface area contributed by atoms with Gasteiger partial charge in [0.15, 0.2) is 4.80 Å². The van der Waals surface area contributed by atoms with Crippen LogP contribution in [0.3, 0.4) is 0 Å². The lowest BCUT2D eigenvalue weighted by molar-refractivity contribution is -0.141. The molecule has 0 radical (unpaired) electrons. The Morgan fingerprint density at radius 1 is 1.23 bits per heavy atom. The summed E-state index contributed by atoms with van der Waals surface area (Å²) in [6.45, 7) is -0.00730. The van der Waals surface area contributed by atoms with Crippen molar-refractivity contribution in [2.45, 2.75) is 6.54 Å². The van der Waals surface area contributed by atoms with Crippen LogP contribution in [0.25, 0.3) is 16.3 Å². The average molecular weight is 431 g/mol. The Kier molecular flexibility index (Phi) is 5.80. The van der Waals surface area contributed by atoms with Crippen LogP contribution in [0.5, 0.6) is 0 Å². The molecule has 2 aromatic carbocycles. The quantitative estimate of drug-likeness (QED) is 0.467. The van der Waals surface area contributed by atoms with Crippen LogP contribution in [0.4, 0.5) is 0 Å². The molecule has 1 aromatic heterocycles. The predicted octanol–water partition coefficient (Wildman–Crippen LogP) is 3.78. The van der Waals surface area contributed by atoms with E-state index in [-0.39, 0.29) is 6.54 Å². The molecule has 0 atom stereocenters. The molecule has 132 valence electrons. The molecular weight excluding hydrogens is 416 g/mol. The number of carbonyl (C=O) groups is 2. The second-order valence-corrected chi connectivity index (χ2v) is 7.28. The summed E-state index contributed by atoms with van der Waals surface area (Å²) in [6.07, 6.45) is 3.12. The smallest absolute Gasteiger partial charge is 0.325 e. The number of hydrogen-bond donors (Lipinski definition) is 0. The van der Waals surface area contributed by atoms with Crippen LogP contribution >= 0.6 is 27.3 Å². The molecule has 0 fully saturated rings. The van der Waals surface area contributed by atoms with Gasteiger partial charge in [0.25, 0.3) is 5.91 Å². The second-order valence-electron chi connectivity index (χ2n) is 5.35. The number of esters is 1. The first-order valence-corrected chi connectivity index (χ1v) is 9.35. The molecule has 0 saturated heterocycles. The van der Waals surface area contributed by atoms with E-state index in [1.165, 1.54) is 24.5 Å². The number of carbonyl (C=O) groups excluding carboxylic acids is 2. The number of fused-ring (bicyclic) bond motifs is 1. The monoisotopic (exact) mass is 430 g/mol. The Morgan fingerprint density at radius 2 is 2.00 bits per heavy atom. The van der Waals surface area contributed by atoms with E-state index in [0.717, 1.165) is 20.3 Å². The van der Waals surface area contributed by atoms with Crippen molar-refractivity contribution in [1.29, 1.82) is 0 Å². The van der Waals surface area contributed by atoms with Crippen molar-refractivity contribution in [3.8, 4) is 0 Å². The van der Waals surface area contributed by atoms with Crippen LogP contribution in [0.15, 0.2) is 64.1 Å². The molecule has 5 nitrogen and oxygen atoms in total. The van der Waals surface area contributed by atoms with Gasteiger partial charge in [-0.1, -0.05) is 57.6 Å².